The first kappa shape index (κ1) is 13.8. The lowest BCUT2D eigenvalue weighted by atomic mass is 9.94. The molecule has 2 rings (SSSR count). The molecule has 2 fully saturated rings. The predicted molar refractivity (Wildman–Crippen MR) is 71.2 cm³/mol. The molecule has 0 aromatic carbocycles. The molecule has 1 aliphatic heterocycles. The molecule has 4 nitrogen and oxygen atoms in total. The van der Waals surface area contributed by atoms with Crippen LogP contribution in [-0.4, -0.2) is 42.6 Å². The van der Waals surface area contributed by atoms with Crippen molar-refractivity contribution in [1.29, 1.82) is 0 Å². The summed E-state index contributed by atoms with van der Waals surface area (Å²) in [5.41, 5.74) is 6.18. The molecule has 18 heavy (non-hydrogen) atoms. The molecule has 3 unspecified atom stereocenters. The van der Waals surface area contributed by atoms with Gasteiger partial charge in [0.15, 0.2) is 0 Å². The van der Waals surface area contributed by atoms with Gasteiger partial charge in [-0.05, 0) is 26.2 Å². The summed E-state index contributed by atoms with van der Waals surface area (Å²) in [5.74, 6) is 0.305. The molecule has 0 bridgehead atoms. The number of carbonyl (C=O) groups excluding carboxylic acids is 1. The number of carbonyl (C=O) groups is 1. The second-order valence-electron chi connectivity index (χ2n) is 5.73. The zero-order valence-corrected chi connectivity index (χ0v) is 11.4. The van der Waals surface area contributed by atoms with Gasteiger partial charge in [-0.15, -0.1) is 0 Å². The van der Waals surface area contributed by atoms with Crippen LogP contribution in [0, 0.1) is 5.92 Å². The van der Waals surface area contributed by atoms with E-state index in [0.717, 1.165) is 45.4 Å². The van der Waals surface area contributed by atoms with Crippen molar-refractivity contribution in [3.05, 3.63) is 0 Å². The van der Waals surface area contributed by atoms with Crippen LogP contribution in [0.15, 0.2) is 0 Å². The molecule has 1 heterocycles. The maximum atomic E-state index is 12.6. The van der Waals surface area contributed by atoms with Gasteiger partial charge >= 0.3 is 0 Å². The second-order valence-corrected chi connectivity index (χ2v) is 5.73. The molecule has 4 heteroatoms. The van der Waals surface area contributed by atoms with Crippen LogP contribution >= 0.6 is 0 Å². The highest BCUT2D eigenvalue weighted by atomic mass is 16.5. The van der Waals surface area contributed by atoms with Crippen LogP contribution in [0.4, 0.5) is 0 Å². The number of rotatable bonds is 1. The van der Waals surface area contributed by atoms with E-state index >= 15 is 0 Å². The molecule has 3 atom stereocenters. The lowest BCUT2D eigenvalue weighted by Gasteiger charge is -2.29. The van der Waals surface area contributed by atoms with Crippen molar-refractivity contribution in [3.8, 4) is 0 Å². The van der Waals surface area contributed by atoms with Gasteiger partial charge in [0.2, 0.25) is 5.91 Å². The third kappa shape index (κ3) is 3.45. The highest BCUT2D eigenvalue weighted by molar-refractivity contribution is 5.79. The SMILES string of the molecule is CC1CN(C(=O)C2CCCCCC2N)CCCO1. The van der Waals surface area contributed by atoms with Crippen LogP contribution in [0.3, 0.4) is 0 Å². The summed E-state index contributed by atoms with van der Waals surface area (Å²) in [6.45, 7) is 4.36. The molecule has 104 valence electrons. The van der Waals surface area contributed by atoms with Crippen LogP contribution in [0.1, 0.15) is 45.4 Å². The third-order valence-corrected chi connectivity index (χ3v) is 4.15. The van der Waals surface area contributed by atoms with Crippen molar-refractivity contribution in [2.24, 2.45) is 11.7 Å². The van der Waals surface area contributed by atoms with E-state index in [1.165, 1.54) is 12.8 Å². The standard InChI is InChI=1S/C14H26N2O2/c1-11-10-16(8-5-9-18-11)14(17)12-6-3-2-4-7-13(12)15/h11-13H,2-10,15H2,1H3. The zero-order valence-electron chi connectivity index (χ0n) is 11.4. The largest absolute Gasteiger partial charge is 0.377 e. The molecule has 0 spiro atoms. The minimum atomic E-state index is 0.0396. The molecule has 0 aromatic heterocycles. The highest BCUT2D eigenvalue weighted by Gasteiger charge is 2.31. The Kier molecular flexibility index (Phi) is 5.01. The van der Waals surface area contributed by atoms with Gasteiger partial charge in [-0.2, -0.15) is 0 Å². The Bertz CT molecular complexity index is 283. The van der Waals surface area contributed by atoms with Crippen LogP contribution in [-0.2, 0) is 9.53 Å². The average molecular weight is 254 g/mol. The summed E-state index contributed by atoms with van der Waals surface area (Å²) in [4.78, 5) is 14.6. The van der Waals surface area contributed by atoms with Crippen molar-refractivity contribution in [3.63, 3.8) is 0 Å². The fraction of sp³-hybridized carbons (Fsp3) is 0.929. The van der Waals surface area contributed by atoms with E-state index < -0.39 is 0 Å². The first-order chi connectivity index (χ1) is 8.68. The maximum absolute atomic E-state index is 12.6. The number of hydrogen-bond acceptors (Lipinski definition) is 3. The number of nitrogens with zero attached hydrogens (tertiary/aromatic N) is 1. The van der Waals surface area contributed by atoms with Gasteiger partial charge in [0.05, 0.1) is 12.0 Å². The average Bonchev–Trinajstić information content (AvgIpc) is 2.68. The summed E-state index contributed by atoms with van der Waals surface area (Å²) in [6, 6.07) is 0.0551. The van der Waals surface area contributed by atoms with Gasteiger partial charge < -0.3 is 15.4 Å². The van der Waals surface area contributed by atoms with Crippen LogP contribution in [0.2, 0.25) is 0 Å². The van der Waals surface area contributed by atoms with E-state index in [1.54, 1.807) is 0 Å². The molecule has 0 radical (unpaired) electrons. The first-order valence-electron chi connectivity index (χ1n) is 7.34. The van der Waals surface area contributed by atoms with Crippen molar-refractivity contribution in [1.82, 2.24) is 4.90 Å². The number of amides is 1. The molecular formula is C14H26N2O2. The Labute approximate surface area is 110 Å². The Hall–Kier alpha value is -0.610. The lowest BCUT2D eigenvalue weighted by molar-refractivity contribution is -0.137. The van der Waals surface area contributed by atoms with Gasteiger partial charge in [-0.3, -0.25) is 4.79 Å². The van der Waals surface area contributed by atoms with Crippen molar-refractivity contribution in [2.75, 3.05) is 19.7 Å². The molecule has 2 N–H and O–H groups in total. The highest BCUT2D eigenvalue weighted by Crippen LogP contribution is 2.24. The predicted octanol–water partition coefficient (Wildman–Crippen LogP) is 1.53. The monoisotopic (exact) mass is 254 g/mol. The van der Waals surface area contributed by atoms with E-state index in [-0.39, 0.29) is 24.0 Å². The van der Waals surface area contributed by atoms with E-state index in [4.69, 9.17) is 10.5 Å². The maximum Gasteiger partial charge on any atom is 0.227 e. The minimum absolute atomic E-state index is 0.0396. The van der Waals surface area contributed by atoms with E-state index in [0.29, 0.717) is 0 Å². The molecule has 2 aliphatic rings. The quantitative estimate of drug-likeness (QED) is 0.722. The van der Waals surface area contributed by atoms with Gasteiger partial charge in [0.25, 0.3) is 0 Å². The lowest BCUT2D eigenvalue weighted by Crippen LogP contribution is -2.45. The number of nitrogens with two attached hydrogens (primary N) is 1. The third-order valence-electron chi connectivity index (χ3n) is 4.15. The molecule has 1 saturated heterocycles. The van der Waals surface area contributed by atoms with E-state index in [9.17, 15) is 4.79 Å². The van der Waals surface area contributed by atoms with E-state index in [2.05, 4.69) is 0 Å². The summed E-state index contributed by atoms with van der Waals surface area (Å²) in [5, 5.41) is 0. The molecule has 0 aromatic rings. The summed E-state index contributed by atoms with van der Waals surface area (Å²) >= 11 is 0. The number of hydrogen-bond donors (Lipinski definition) is 1. The van der Waals surface area contributed by atoms with Crippen molar-refractivity contribution in [2.45, 2.75) is 57.6 Å². The Morgan fingerprint density at radius 1 is 1.22 bits per heavy atom. The van der Waals surface area contributed by atoms with Gasteiger partial charge in [-0.1, -0.05) is 19.3 Å². The number of ether oxygens (including phenoxy) is 1. The Morgan fingerprint density at radius 3 is 2.83 bits per heavy atom. The van der Waals surface area contributed by atoms with Crippen molar-refractivity contribution >= 4 is 5.91 Å². The topological polar surface area (TPSA) is 55.6 Å². The molecule has 1 amide bonds. The summed E-state index contributed by atoms with van der Waals surface area (Å²) in [6.07, 6.45) is 6.59. The summed E-state index contributed by atoms with van der Waals surface area (Å²) < 4.78 is 5.60. The fourth-order valence-corrected chi connectivity index (χ4v) is 3.07. The second kappa shape index (κ2) is 6.53. The zero-order chi connectivity index (χ0) is 13.0. The normalized spacial score (nSPS) is 34.8. The van der Waals surface area contributed by atoms with Gasteiger partial charge in [-0.25, -0.2) is 0 Å². The molecular weight excluding hydrogens is 228 g/mol. The van der Waals surface area contributed by atoms with Crippen molar-refractivity contribution < 1.29 is 9.53 Å². The fourth-order valence-electron chi connectivity index (χ4n) is 3.07. The summed E-state index contributed by atoms with van der Waals surface area (Å²) in [7, 11) is 0. The van der Waals surface area contributed by atoms with Crippen LogP contribution in [0.25, 0.3) is 0 Å². The Balaban J connectivity index is 1.99. The van der Waals surface area contributed by atoms with Crippen LogP contribution in [0.5, 0.6) is 0 Å². The van der Waals surface area contributed by atoms with Gasteiger partial charge in [0, 0.05) is 25.7 Å². The van der Waals surface area contributed by atoms with E-state index in [1.807, 2.05) is 11.8 Å². The molecule has 1 saturated carbocycles. The molecule has 1 aliphatic carbocycles. The first-order valence-corrected chi connectivity index (χ1v) is 7.34. The Morgan fingerprint density at radius 2 is 2.00 bits per heavy atom. The smallest absolute Gasteiger partial charge is 0.227 e. The minimum Gasteiger partial charge on any atom is -0.377 e. The van der Waals surface area contributed by atoms with Crippen LogP contribution < -0.4 is 5.73 Å². The van der Waals surface area contributed by atoms with Gasteiger partial charge in [0.1, 0.15) is 0 Å².